The third-order valence-electron chi connectivity index (χ3n) is 4.21. The Balaban J connectivity index is 2.86. The van der Waals surface area contributed by atoms with E-state index in [-0.39, 0.29) is 22.9 Å². The molecule has 10 nitrogen and oxygen atoms in total. The lowest BCUT2D eigenvalue weighted by Crippen LogP contribution is -2.35. The van der Waals surface area contributed by atoms with Gasteiger partial charge in [0.05, 0.1) is 38.9 Å². The standard InChI is InChI=1S/C17H21N3O7/c1-8-11(17(21)27-5)12(13(20(22)23)16(18)19-8)9-6-7-10(24-2)15(26-4)14(9)25-3/h6-7,12,19H,18H2,1-5H3. The zero-order valence-electron chi connectivity index (χ0n) is 15.6. The number of hydrogen-bond acceptors (Lipinski definition) is 9. The van der Waals surface area contributed by atoms with Gasteiger partial charge >= 0.3 is 5.97 Å². The summed E-state index contributed by atoms with van der Waals surface area (Å²) < 4.78 is 20.9. The molecule has 0 saturated carbocycles. The largest absolute Gasteiger partial charge is 0.493 e. The normalized spacial score (nSPS) is 16.6. The van der Waals surface area contributed by atoms with Gasteiger partial charge in [-0.15, -0.1) is 0 Å². The molecule has 0 fully saturated rings. The maximum atomic E-state index is 12.4. The lowest BCUT2D eigenvalue weighted by molar-refractivity contribution is -0.431. The van der Waals surface area contributed by atoms with E-state index in [1.165, 1.54) is 28.4 Å². The highest BCUT2D eigenvalue weighted by atomic mass is 16.6. The highest BCUT2D eigenvalue weighted by molar-refractivity contribution is 5.92. The Morgan fingerprint density at radius 3 is 2.26 bits per heavy atom. The summed E-state index contributed by atoms with van der Waals surface area (Å²) in [6.07, 6.45) is 0. The minimum atomic E-state index is -1.14. The number of allylic oxidation sites excluding steroid dienone is 2. The summed E-state index contributed by atoms with van der Waals surface area (Å²) in [6.45, 7) is 1.58. The molecule has 0 bridgehead atoms. The first-order chi connectivity index (χ1) is 12.8. The van der Waals surface area contributed by atoms with Gasteiger partial charge in [-0.25, -0.2) is 4.79 Å². The molecule has 1 unspecified atom stereocenters. The van der Waals surface area contributed by atoms with Crippen molar-refractivity contribution in [3.63, 3.8) is 0 Å². The quantitative estimate of drug-likeness (QED) is 0.425. The smallest absolute Gasteiger partial charge is 0.336 e. The number of dihydropyridines is 1. The molecular weight excluding hydrogens is 358 g/mol. The van der Waals surface area contributed by atoms with Gasteiger partial charge in [-0.3, -0.25) is 10.1 Å². The highest BCUT2D eigenvalue weighted by Gasteiger charge is 2.43. The number of carbonyl (C=O) groups is 1. The second-order valence-corrected chi connectivity index (χ2v) is 5.57. The van der Waals surface area contributed by atoms with Crippen LogP contribution in [-0.4, -0.2) is 39.3 Å². The first-order valence-electron chi connectivity index (χ1n) is 7.81. The van der Waals surface area contributed by atoms with Crippen molar-refractivity contribution < 1.29 is 28.7 Å². The van der Waals surface area contributed by atoms with E-state index in [2.05, 4.69) is 5.32 Å². The first kappa shape index (κ1) is 19.9. The van der Waals surface area contributed by atoms with Crippen LogP contribution in [0.1, 0.15) is 18.4 Å². The number of methoxy groups -OCH3 is 4. The molecule has 3 N–H and O–H groups in total. The molecule has 10 heteroatoms. The molecule has 27 heavy (non-hydrogen) atoms. The lowest BCUT2D eigenvalue weighted by Gasteiger charge is -2.27. The topological polar surface area (TPSA) is 135 Å². The molecule has 0 aromatic heterocycles. The number of nitro groups is 1. The molecule has 0 radical (unpaired) electrons. The molecule has 1 aliphatic heterocycles. The van der Waals surface area contributed by atoms with Crippen LogP contribution < -0.4 is 25.3 Å². The van der Waals surface area contributed by atoms with Crippen LogP contribution >= 0.6 is 0 Å². The van der Waals surface area contributed by atoms with Crippen LogP contribution in [0.4, 0.5) is 0 Å². The SMILES string of the molecule is COC(=O)C1=C(C)NC(N)=C([N+](=O)[O-])C1c1ccc(OC)c(OC)c1OC. The molecule has 0 spiro atoms. The lowest BCUT2D eigenvalue weighted by atomic mass is 9.84. The molecule has 0 aliphatic carbocycles. The number of hydrogen-bond donors (Lipinski definition) is 2. The van der Waals surface area contributed by atoms with Gasteiger partial charge in [0, 0.05) is 11.3 Å². The minimum Gasteiger partial charge on any atom is -0.493 e. The average molecular weight is 379 g/mol. The summed E-state index contributed by atoms with van der Waals surface area (Å²) in [5.74, 6) is -1.25. The van der Waals surface area contributed by atoms with Crippen LogP contribution in [0, 0.1) is 10.1 Å². The van der Waals surface area contributed by atoms with Crippen molar-refractivity contribution in [3.8, 4) is 17.2 Å². The Morgan fingerprint density at radius 1 is 1.15 bits per heavy atom. The van der Waals surface area contributed by atoms with E-state index in [0.717, 1.165) is 0 Å². The van der Waals surface area contributed by atoms with Gasteiger partial charge in [-0.05, 0) is 13.0 Å². The van der Waals surface area contributed by atoms with E-state index in [1.807, 2.05) is 0 Å². The third-order valence-corrected chi connectivity index (χ3v) is 4.21. The predicted octanol–water partition coefficient (Wildman–Crippen LogP) is 1.25. The fourth-order valence-corrected chi connectivity index (χ4v) is 3.08. The van der Waals surface area contributed by atoms with Gasteiger partial charge in [-0.2, -0.15) is 0 Å². The second-order valence-electron chi connectivity index (χ2n) is 5.57. The summed E-state index contributed by atoms with van der Waals surface area (Å²) >= 11 is 0. The van der Waals surface area contributed by atoms with Crippen LogP contribution in [0.15, 0.2) is 34.9 Å². The van der Waals surface area contributed by atoms with E-state index in [4.69, 9.17) is 24.7 Å². The molecule has 1 aromatic carbocycles. The number of nitrogens with two attached hydrogens (primary N) is 1. The van der Waals surface area contributed by atoms with Gasteiger partial charge in [0.2, 0.25) is 5.75 Å². The first-order valence-corrected chi connectivity index (χ1v) is 7.81. The average Bonchev–Trinajstić information content (AvgIpc) is 2.64. The molecule has 1 aliphatic rings. The second kappa shape index (κ2) is 7.85. The summed E-state index contributed by atoms with van der Waals surface area (Å²) in [6, 6.07) is 3.12. The van der Waals surface area contributed by atoms with Crippen molar-refractivity contribution in [2.45, 2.75) is 12.8 Å². The van der Waals surface area contributed by atoms with Crippen LogP contribution in [-0.2, 0) is 9.53 Å². The Labute approximate surface area is 155 Å². The van der Waals surface area contributed by atoms with Crippen LogP contribution in [0.25, 0.3) is 0 Å². The summed E-state index contributed by atoms with van der Waals surface area (Å²) in [4.78, 5) is 23.5. The maximum Gasteiger partial charge on any atom is 0.336 e. The maximum absolute atomic E-state index is 12.4. The van der Waals surface area contributed by atoms with Crippen LogP contribution in [0.3, 0.4) is 0 Å². The number of ether oxygens (including phenoxy) is 4. The fourth-order valence-electron chi connectivity index (χ4n) is 3.08. The van der Waals surface area contributed by atoms with Gasteiger partial charge < -0.3 is 30.0 Å². The van der Waals surface area contributed by atoms with Gasteiger partial charge in [-0.1, -0.05) is 6.07 Å². The Morgan fingerprint density at radius 2 is 1.78 bits per heavy atom. The van der Waals surface area contributed by atoms with Crippen molar-refractivity contribution in [3.05, 3.63) is 50.6 Å². The monoisotopic (exact) mass is 379 g/mol. The van der Waals surface area contributed by atoms with Crippen molar-refractivity contribution in [1.82, 2.24) is 5.32 Å². The Hall–Kier alpha value is -3.43. The molecule has 0 amide bonds. The number of rotatable bonds is 6. The zero-order chi connectivity index (χ0) is 20.3. The number of esters is 1. The van der Waals surface area contributed by atoms with E-state index < -0.39 is 22.5 Å². The summed E-state index contributed by atoms with van der Waals surface area (Å²) in [7, 11) is 5.44. The molecule has 1 heterocycles. The van der Waals surface area contributed by atoms with Crippen LogP contribution in [0.5, 0.6) is 17.2 Å². The predicted molar refractivity (Wildman–Crippen MR) is 94.9 cm³/mol. The van der Waals surface area contributed by atoms with E-state index in [9.17, 15) is 14.9 Å². The van der Waals surface area contributed by atoms with E-state index in [1.54, 1.807) is 19.1 Å². The van der Waals surface area contributed by atoms with E-state index >= 15 is 0 Å². The van der Waals surface area contributed by atoms with Crippen molar-refractivity contribution >= 4 is 5.97 Å². The summed E-state index contributed by atoms with van der Waals surface area (Å²) in [5, 5.41) is 14.4. The number of carbonyl (C=O) groups excluding carboxylic acids is 1. The molecule has 0 saturated heterocycles. The molecule has 146 valence electrons. The third kappa shape index (κ3) is 3.33. The molecule has 1 atom stereocenters. The number of nitrogens with one attached hydrogen (secondary N) is 1. The Bertz CT molecular complexity index is 845. The Kier molecular flexibility index (Phi) is 5.78. The zero-order valence-corrected chi connectivity index (χ0v) is 15.6. The number of benzene rings is 1. The minimum absolute atomic E-state index is 0.0453. The van der Waals surface area contributed by atoms with Crippen molar-refractivity contribution in [2.75, 3.05) is 28.4 Å². The molecule has 1 aromatic rings. The van der Waals surface area contributed by atoms with Gasteiger partial charge in [0.15, 0.2) is 17.3 Å². The highest BCUT2D eigenvalue weighted by Crippen LogP contribution is 2.48. The number of nitrogens with zero attached hydrogens (tertiary/aromatic N) is 1. The fraction of sp³-hybridized carbons (Fsp3) is 0.353. The van der Waals surface area contributed by atoms with E-state index in [0.29, 0.717) is 17.0 Å². The van der Waals surface area contributed by atoms with Crippen LogP contribution in [0.2, 0.25) is 0 Å². The summed E-state index contributed by atoms with van der Waals surface area (Å²) in [5.41, 5.74) is 6.16. The molecule has 2 rings (SSSR count). The molecular formula is C17H21N3O7. The van der Waals surface area contributed by atoms with Gasteiger partial charge in [0.1, 0.15) is 5.92 Å². The van der Waals surface area contributed by atoms with Crippen molar-refractivity contribution in [2.24, 2.45) is 5.73 Å². The van der Waals surface area contributed by atoms with Gasteiger partial charge in [0.25, 0.3) is 5.70 Å². The van der Waals surface area contributed by atoms with Crippen molar-refractivity contribution in [1.29, 1.82) is 0 Å².